The minimum Gasteiger partial charge on any atom is -0.394 e. The van der Waals surface area contributed by atoms with Crippen molar-refractivity contribution in [2.75, 3.05) is 13.7 Å². The van der Waals surface area contributed by atoms with Crippen molar-refractivity contribution in [3.63, 3.8) is 0 Å². The standard InChI is InChI=1S/C14H21FN2O2/c1-10(7-12-5-4-6-13(15)8-12)16-14(19)17(3)11(2)9-18/h4-6,8,10-11,18H,7,9H2,1-3H3,(H,16,19). The largest absolute Gasteiger partial charge is 0.394 e. The van der Waals surface area contributed by atoms with Crippen LogP contribution in [0.1, 0.15) is 19.4 Å². The number of rotatable bonds is 5. The molecular formula is C14H21FN2O2. The van der Waals surface area contributed by atoms with E-state index in [9.17, 15) is 9.18 Å². The number of carbonyl (C=O) groups excluding carboxylic acids is 1. The maximum absolute atomic E-state index is 13.0. The van der Waals surface area contributed by atoms with Crippen LogP contribution in [0.2, 0.25) is 0 Å². The van der Waals surface area contributed by atoms with Crippen molar-refractivity contribution in [1.29, 1.82) is 0 Å². The Morgan fingerprint density at radius 3 is 2.74 bits per heavy atom. The second kappa shape index (κ2) is 7.09. The van der Waals surface area contributed by atoms with Gasteiger partial charge in [-0.25, -0.2) is 9.18 Å². The molecule has 2 atom stereocenters. The lowest BCUT2D eigenvalue weighted by Crippen LogP contribution is -2.47. The van der Waals surface area contributed by atoms with Gasteiger partial charge in [-0.2, -0.15) is 0 Å². The van der Waals surface area contributed by atoms with E-state index in [1.165, 1.54) is 17.0 Å². The number of hydrogen-bond acceptors (Lipinski definition) is 2. The van der Waals surface area contributed by atoms with Crippen molar-refractivity contribution in [1.82, 2.24) is 10.2 Å². The lowest BCUT2D eigenvalue weighted by atomic mass is 10.1. The summed E-state index contributed by atoms with van der Waals surface area (Å²) < 4.78 is 13.0. The Bertz CT molecular complexity index is 426. The van der Waals surface area contributed by atoms with E-state index in [1.54, 1.807) is 20.0 Å². The van der Waals surface area contributed by atoms with E-state index in [4.69, 9.17) is 5.11 Å². The first-order valence-corrected chi connectivity index (χ1v) is 6.32. The van der Waals surface area contributed by atoms with Crippen LogP contribution in [0, 0.1) is 5.82 Å². The topological polar surface area (TPSA) is 52.6 Å². The first-order valence-electron chi connectivity index (χ1n) is 6.32. The highest BCUT2D eigenvalue weighted by Crippen LogP contribution is 2.07. The Morgan fingerprint density at radius 1 is 1.47 bits per heavy atom. The molecule has 0 saturated carbocycles. The molecule has 0 saturated heterocycles. The zero-order chi connectivity index (χ0) is 14.4. The maximum Gasteiger partial charge on any atom is 0.317 e. The van der Waals surface area contributed by atoms with Crippen molar-refractivity contribution in [3.05, 3.63) is 35.6 Å². The predicted molar refractivity (Wildman–Crippen MR) is 72.4 cm³/mol. The first kappa shape index (κ1) is 15.4. The van der Waals surface area contributed by atoms with Crippen LogP contribution in [0.4, 0.5) is 9.18 Å². The number of aliphatic hydroxyl groups is 1. The Hall–Kier alpha value is -1.62. The van der Waals surface area contributed by atoms with E-state index >= 15 is 0 Å². The monoisotopic (exact) mass is 268 g/mol. The van der Waals surface area contributed by atoms with Crippen molar-refractivity contribution in [2.45, 2.75) is 32.4 Å². The van der Waals surface area contributed by atoms with Crippen molar-refractivity contribution in [2.24, 2.45) is 0 Å². The third-order valence-corrected chi connectivity index (χ3v) is 3.05. The van der Waals surface area contributed by atoms with Crippen LogP contribution >= 0.6 is 0 Å². The number of aliphatic hydroxyl groups excluding tert-OH is 1. The molecule has 4 nitrogen and oxygen atoms in total. The highest BCUT2D eigenvalue weighted by molar-refractivity contribution is 5.74. The number of nitrogens with one attached hydrogen (secondary N) is 1. The molecule has 0 fully saturated rings. The van der Waals surface area contributed by atoms with Crippen LogP contribution in [-0.4, -0.2) is 41.8 Å². The molecule has 5 heteroatoms. The number of benzene rings is 1. The number of hydrogen-bond donors (Lipinski definition) is 2. The molecule has 1 aromatic carbocycles. The van der Waals surface area contributed by atoms with Crippen LogP contribution < -0.4 is 5.32 Å². The van der Waals surface area contributed by atoms with Gasteiger partial charge in [0.2, 0.25) is 0 Å². The second-order valence-corrected chi connectivity index (χ2v) is 4.83. The zero-order valence-corrected chi connectivity index (χ0v) is 11.6. The van der Waals surface area contributed by atoms with E-state index in [1.807, 2.05) is 13.0 Å². The van der Waals surface area contributed by atoms with E-state index in [0.29, 0.717) is 6.42 Å². The van der Waals surface area contributed by atoms with Gasteiger partial charge in [-0.1, -0.05) is 12.1 Å². The summed E-state index contributed by atoms with van der Waals surface area (Å²) >= 11 is 0. The minimum absolute atomic E-state index is 0.0812. The smallest absolute Gasteiger partial charge is 0.317 e. The van der Waals surface area contributed by atoms with Crippen LogP contribution in [0.15, 0.2) is 24.3 Å². The van der Waals surface area contributed by atoms with Crippen LogP contribution in [0.3, 0.4) is 0 Å². The molecule has 0 heterocycles. The van der Waals surface area contributed by atoms with Gasteiger partial charge in [-0.15, -0.1) is 0 Å². The van der Waals surface area contributed by atoms with E-state index < -0.39 is 0 Å². The molecule has 0 aliphatic carbocycles. The summed E-state index contributed by atoms with van der Waals surface area (Å²) in [5.41, 5.74) is 0.839. The third kappa shape index (κ3) is 4.87. The molecule has 0 bridgehead atoms. The lowest BCUT2D eigenvalue weighted by molar-refractivity contribution is 0.155. The molecule has 2 N–H and O–H groups in total. The zero-order valence-electron chi connectivity index (χ0n) is 11.6. The molecule has 106 valence electrons. The lowest BCUT2D eigenvalue weighted by Gasteiger charge is -2.25. The van der Waals surface area contributed by atoms with Gasteiger partial charge in [0, 0.05) is 13.1 Å². The Labute approximate surface area is 113 Å². The Morgan fingerprint density at radius 2 is 2.16 bits per heavy atom. The molecule has 0 aliphatic heterocycles. The van der Waals surface area contributed by atoms with E-state index in [0.717, 1.165) is 5.56 Å². The molecule has 0 aliphatic rings. The summed E-state index contributed by atoms with van der Waals surface area (Å²) in [6, 6.07) is 5.74. The van der Waals surface area contributed by atoms with Gasteiger partial charge in [-0.3, -0.25) is 0 Å². The molecule has 0 aromatic heterocycles. The van der Waals surface area contributed by atoms with Gasteiger partial charge >= 0.3 is 6.03 Å². The van der Waals surface area contributed by atoms with Gasteiger partial charge in [0.1, 0.15) is 5.82 Å². The molecule has 2 amide bonds. The van der Waals surface area contributed by atoms with Crippen molar-refractivity contribution >= 4 is 6.03 Å². The highest BCUT2D eigenvalue weighted by atomic mass is 19.1. The summed E-state index contributed by atoms with van der Waals surface area (Å²) in [6.07, 6.45) is 0.560. The van der Waals surface area contributed by atoms with Crippen LogP contribution in [0.5, 0.6) is 0 Å². The predicted octanol–water partition coefficient (Wildman–Crippen LogP) is 1.78. The number of urea groups is 1. The fourth-order valence-corrected chi connectivity index (χ4v) is 1.70. The van der Waals surface area contributed by atoms with Crippen LogP contribution in [0.25, 0.3) is 0 Å². The van der Waals surface area contributed by atoms with E-state index in [2.05, 4.69) is 5.32 Å². The SMILES string of the molecule is CC(Cc1cccc(F)c1)NC(=O)N(C)C(C)CO. The summed E-state index contributed by atoms with van der Waals surface area (Å²) in [7, 11) is 1.63. The minimum atomic E-state index is -0.276. The molecule has 0 spiro atoms. The number of likely N-dealkylation sites (N-methyl/N-ethyl adjacent to an activating group) is 1. The number of carbonyl (C=O) groups is 1. The molecule has 1 rings (SSSR count). The van der Waals surface area contributed by atoms with E-state index in [-0.39, 0.29) is 30.5 Å². The number of amides is 2. The number of halogens is 1. The second-order valence-electron chi connectivity index (χ2n) is 4.83. The first-order chi connectivity index (χ1) is 8.93. The Kier molecular flexibility index (Phi) is 5.76. The van der Waals surface area contributed by atoms with Gasteiger partial charge in [0.05, 0.1) is 12.6 Å². The summed E-state index contributed by atoms with van der Waals surface area (Å²) in [5.74, 6) is -0.276. The molecular weight excluding hydrogens is 247 g/mol. The average molecular weight is 268 g/mol. The fourth-order valence-electron chi connectivity index (χ4n) is 1.70. The van der Waals surface area contributed by atoms with Gasteiger partial charge in [0.15, 0.2) is 0 Å². The third-order valence-electron chi connectivity index (χ3n) is 3.05. The summed E-state index contributed by atoms with van der Waals surface area (Å²) in [6.45, 7) is 3.54. The maximum atomic E-state index is 13.0. The normalized spacial score (nSPS) is 13.7. The van der Waals surface area contributed by atoms with Crippen LogP contribution in [-0.2, 0) is 6.42 Å². The average Bonchev–Trinajstić information content (AvgIpc) is 2.36. The van der Waals surface area contributed by atoms with Gasteiger partial charge in [0.25, 0.3) is 0 Å². The van der Waals surface area contributed by atoms with Gasteiger partial charge < -0.3 is 15.3 Å². The molecule has 0 radical (unpaired) electrons. The number of nitrogens with zero attached hydrogens (tertiary/aromatic N) is 1. The summed E-state index contributed by atoms with van der Waals surface area (Å²) in [5, 5.41) is 11.8. The molecule has 19 heavy (non-hydrogen) atoms. The highest BCUT2D eigenvalue weighted by Gasteiger charge is 2.16. The summed E-state index contributed by atoms with van der Waals surface area (Å²) in [4.78, 5) is 13.3. The van der Waals surface area contributed by atoms with Gasteiger partial charge in [-0.05, 0) is 38.0 Å². The van der Waals surface area contributed by atoms with Crippen molar-refractivity contribution < 1.29 is 14.3 Å². The molecule has 1 aromatic rings. The van der Waals surface area contributed by atoms with Crippen molar-refractivity contribution in [3.8, 4) is 0 Å². The fraction of sp³-hybridized carbons (Fsp3) is 0.500. The molecule has 2 unspecified atom stereocenters. The Balaban J connectivity index is 2.51. The quantitative estimate of drug-likeness (QED) is 0.855.